The average molecular weight is 248 g/mol. The third kappa shape index (κ3) is 2.71. The summed E-state index contributed by atoms with van der Waals surface area (Å²) in [5.41, 5.74) is 0.623. The Hall–Kier alpha value is -2.23. The molecule has 0 atom stereocenters. The Labute approximate surface area is 103 Å². The second-order valence-electron chi connectivity index (χ2n) is 3.81. The summed E-state index contributed by atoms with van der Waals surface area (Å²) in [5, 5.41) is 0. The van der Waals surface area contributed by atoms with E-state index >= 15 is 0 Å². The molecule has 92 valence electrons. The Morgan fingerprint density at radius 1 is 1.06 bits per heavy atom. The van der Waals surface area contributed by atoms with Crippen LogP contribution in [0.4, 0.5) is 8.78 Å². The highest BCUT2D eigenvalue weighted by Gasteiger charge is 2.09. The second kappa shape index (κ2) is 4.96. The smallest absolute Gasteiger partial charge is 0.343 e. The molecule has 0 saturated heterocycles. The molecule has 0 saturated carbocycles. The molecule has 0 bridgehead atoms. The number of aryl methyl sites for hydroxylation is 1. The lowest BCUT2D eigenvalue weighted by Gasteiger charge is -2.05. The maximum absolute atomic E-state index is 13.0. The first-order chi connectivity index (χ1) is 8.56. The van der Waals surface area contributed by atoms with Crippen molar-refractivity contribution in [2.45, 2.75) is 6.92 Å². The SMILES string of the molecule is Cc1cc(OC(=O)c2ccc(F)cc2)ccc1F. The van der Waals surface area contributed by atoms with Crippen LogP contribution in [0.15, 0.2) is 42.5 Å². The Morgan fingerprint density at radius 3 is 2.33 bits per heavy atom. The van der Waals surface area contributed by atoms with Crippen molar-refractivity contribution in [1.29, 1.82) is 0 Å². The first kappa shape index (κ1) is 12.2. The van der Waals surface area contributed by atoms with E-state index in [0.29, 0.717) is 5.56 Å². The van der Waals surface area contributed by atoms with Gasteiger partial charge in [0.15, 0.2) is 0 Å². The van der Waals surface area contributed by atoms with E-state index in [2.05, 4.69) is 0 Å². The molecule has 2 aromatic carbocycles. The molecule has 2 aromatic rings. The standard InChI is InChI=1S/C14H10F2O2/c1-9-8-12(6-7-13(9)16)18-14(17)10-2-4-11(15)5-3-10/h2-8H,1H3. The summed E-state index contributed by atoms with van der Waals surface area (Å²) >= 11 is 0. The lowest BCUT2D eigenvalue weighted by atomic mass is 10.2. The zero-order valence-corrected chi connectivity index (χ0v) is 9.61. The number of benzene rings is 2. The Kier molecular flexibility index (Phi) is 3.37. The van der Waals surface area contributed by atoms with E-state index < -0.39 is 11.8 Å². The van der Waals surface area contributed by atoms with Crippen molar-refractivity contribution in [3.63, 3.8) is 0 Å². The van der Waals surface area contributed by atoms with E-state index in [1.807, 2.05) is 0 Å². The van der Waals surface area contributed by atoms with Crippen molar-refractivity contribution in [3.8, 4) is 5.75 Å². The fraction of sp³-hybridized carbons (Fsp3) is 0.0714. The van der Waals surface area contributed by atoms with Gasteiger partial charge in [-0.15, -0.1) is 0 Å². The minimum Gasteiger partial charge on any atom is -0.423 e. The molecule has 0 spiro atoms. The second-order valence-corrected chi connectivity index (χ2v) is 3.81. The van der Waals surface area contributed by atoms with Gasteiger partial charge >= 0.3 is 5.97 Å². The molecule has 0 unspecified atom stereocenters. The van der Waals surface area contributed by atoms with Crippen LogP contribution < -0.4 is 4.74 Å². The van der Waals surface area contributed by atoms with Crippen LogP contribution in [0.2, 0.25) is 0 Å². The quantitative estimate of drug-likeness (QED) is 0.600. The van der Waals surface area contributed by atoms with Gasteiger partial charge in [0.2, 0.25) is 0 Å². The van der Waals surface area contributed by atoms with Gasteiger partial charge in [0.1, 0.15) is 17.4 Å². The van der Waals surface area contributed by atoms with Crippen molar-refractivity contribution < 1.29 is 18.3 Å². The molecule has 0 aliphatic rings. The molecule has 0 N–H and O–H groups in total. The highest BCUT2D eigenvalue weighted by Crippen LogP contribution is 2.17. The molecule has 0 aliphatic carbocycles. The molecule has 0 aromatic heterocycles. The number of halogens is 2. The van der Waals surface area contributed by atoms with Crippen molar-refractivity contribution >= 4 is 5.97 Å². The van der Waals surface area contributed by atoms with Crippen LogP contribution in [0.3, 0.4) is 0 Å². The monoisotopic (exact) mass is 248 g/mol. The van der Waals surface area contributed by atoms with Crippen LogP contribution in [-0.4, -0.2) is 5.97 Å². The van der Waals surface area contributed by atoms with E-state index in [1.54, 1.807) is 6.92 Å². The normalized spacial score (nSPS) is 10.2. The molecule has 2 nitrogen and oxygen atoms in total. The van der Waals surface area contributed by atoms with Crippen LogP contribution in [0.25, 0.3) is 0 Å². The minimum absolute atomic E-state index is 0.235. The maximum atomic E-state index is 13.0. The summed E-state index contributed by atoms with van der Waals surface area (Å²) in [4.78, 5) is 11.7. The van der Waals surface area contributed by atoms with Gasteiger partial charge in [0, 0.05) is 0 Å². The topological polar surface area (TPSA) is 26.3 Å². The Bertz CT molecular complexity index is 577. The lowest BCUT2D eigenvalue weighted by Crippen LogP contribution is -2.08. The van der Waals surface area contributed by atoms with Gasteiger partial charge in [-0.3, -0.25) is 0 Å². The van der Waals surface area contributed by atoms with Gasteiger partial charge in [0.25, 0.3) is 0 Å². The van der Waals surface area contributed by atoms with Crippen molar-refractivity contribution in [2.75, 3.05) is 0 Å². The molecular formula is C14H10F2O2. The lowest BCUT2D eigenvalue weighted by molar-refractivity contribution is 0.0734. The molecule has 0 aliphatic heterocycles. The number of carbonyl (C=O) groups is 1. The molecule has 18 heavy (non-hydrogen) atoms. The van der Waals surface area contributed by atoms with Crippen LogP contribution in [-0.2, 0) is 0 Å². The first-order valence-corrected chi connectivity index (χ1v) is 5.30. The zero-order chi connectivity index (χ0) is 13.1. The summed E-state index contributed by atoms with van der Waals surface area (Å²) in [7, 11) is 0. The van der Waals surface area contributed by atoms with E-state index in [1.165, 1.54) is 42.5 Å². The molecule has 0 radical (unpaired) electrons. The molecule has 4 heteroatoms. The molecule has 0 fully saturated rings. The van der Waals surface area contributed by atoms with E-state index in [9.17, 15) is 13.6 Å². The minimum atomic E-state index is -0.610. The van der Waals surface area contributed by atoms with Crippen LogP contribution in [0.1, 0.15) is 15.9 Å². The van der Waals surface area contributed by atoms with Gasteiger partial charge in [0.05, 0.1) is 5.56 Å². The molecule has 2 rings (SSSR count). The molecule has 0 heterocycles. The third-order valence-electron chi connectivity index (χ3n) is 2.42. The molecular weight excluding hydrogens is 238 g/mol. The summed E-state index contributed by atoms with van der Waals surface area (Å²) < 4.78 is 30.7. The van der Waals surface area contributed by atoms with E-state index in [0.717, 1.165) is 0 Å². The fourth-order valence-corrected chi connectivity index (χ4v) is 1.43. The van der Waals surface area contributed by atoms with Gasteiger partial charge in [-0.05, 0) is 55.0 Å². The third-order valence-corrected chi connectivity index (χ3v) is 2.42. The van der Waals surface area contributed by atoms with Crippen molar-refractivity contribution in [3.05, 3.63) is 65.2 Å². The zero-order valence-electron chi connectivity index (χ0n) is 9.61. The van der Waals surface area contributed by atoms with Gasteiger partial charge in [-0.2, -0.15) is 0 Å². The number of carbonyl (C=O) groups excluding carboxylic acids is 1. The van der Waals surface area contributed by atoms with Gasteiger partial charge < -0.3 is 4.74 Å². The van der Waals surface area contributed by atoms with E-state index in [-0.39, 0.29) is 17.1 Å². The van der Waals surface area contributed by atoms with Crippen LogP contribution in [0, 0.1) is 18.6 Å². The Morgan fingerprint density at radius 2 is 1.72 bits per heavy atom. The maximum Gasteiger partial charge on any atom is 0.343 e. The molecule has 0 amide bonds. The summed E-state index contributed by atoms with van der Waals surface area (Å²) in [6.07, 6.45) is 0. The number of ether oxygens (including phenoxy) is 1. The number of rotatable bonds is 2. The van der Waals surface area contributed by atoms with Crippen LogP contribution in [0.5, 0.6) is 5.75 Å². The van der Waals surface area contributed by atoms with Crippen molar-refractivity contribution in [1.82, 2.24) is 0 Å². The highest BCUT2D eigenvalue weighted by molar-refractivity contribution is 5.90. The highest BCUT2D eigenvalue weighted by atomic mass is 19.1. The summed E-state index contributed by atoms with van der Waals surface area (Å²) in [6, 6.07) is 9.02. The predicted molar refractivity (Wildman–Crippen MR) is 62.5 cm³/mol. The predicted octanol–water partition coefficient (Wildman–Crippen LogP) is 3.49. The number of esters is 1. The van der Waals surface area contributed by atoms with Crippen LogP contribution >= 0.6 is 0 Å². The van der Waals surface area contributed by atoms with E-state index in [4.69, 9.17) is 4.74 Å². The summed E-state index contributed by atoms with van der Waals surface area (Å²) in [5.74, 6) is -1.15. The van der Waals surface area contributed by atoms with Gasteiger partial charge in [-0.25, -0.2) is 13.6 Å². The largest absolute Gasteiger partial charge is 0.423 e. The average Bonchev–Trinajstić information content (AvgIpc) is 2.34. The van der Waals surface area contributed by atoms with Gasteiger partial charge in [-0.1, -0.05) is 0 Å². The number of hydrogen-bond donors (Lipinski definition) is 0. The first-order valence-electron chi connectivity index (χ1n) is 5.30. The number of hydrogen-bond acceptors (Lipinski definition) is 2. The van der Waals surface area contributed by atoms with Crippen molar-refractivity contribution in [2.24, 2.45) is 0 Å². The fourth-order valence-electron chi connectivity index (χ4n) is 1.43. The summed E-state index contributed by atoms with van der Waals surface area (Å²) in [6.45, 7) is 1.57. The Balaban J connectivity index is 2.16.